The third-order valence-electron chi connectivity index (χ3n) is 5.01. The van der Waals surface area contributed by atoms with Crippen molar-refractivity contribution >= 4 is 27.3 Å². The first kappa shape index (κ1) is 24.1. The first-order chi connectivity index (χ1) is 15.7. The molecule has 0 unspecified atom stereocenters. The highest BCUT2D eigenvalue weighted by Gasteiger charge is 2.35. The van der Waals surface area contributed by atoms with Crippen LogP contribution in [0.25, 0.3) is 0 Å². The number of nitro groups is 1. The zero-order valence-corrected chi connectivity index (χ0v) is 19.2. The fourth-order valence-corrected chi connectivity index (χ4v) is 4.70. The molecule has 12 heteroatoms. The third kappa shape index (κ3) is 5.45. The van der Waals surface area contributed by atoms with Crippen molar-refractivity contribution in [2.45, 2.75) is 25.5 Å². The predicted octanol–water partition coefficient (Wildman–Crippen LogP) is 2.10. The molecule has 0 spiro atoms. The van der Waals surface area contributed by atoms with E-state index in [2.05, 4.69) is 5.32 Å². The second-order valence-corrected chi connectivity index (χ2v) is 9.20. The van der Waals surface area contributed by atoms with Gasteiger partial charge in [-0.25, -0.2) is 8.42 Å². The number of carbonyl (C=O) groups excluding carboxylic acids is 1. The van der Waals surface area contributed by atoms with E-state index in [9.17, 15) is 23.3 Å². The van der Waals surface area contributed by atoms with E-state index in [0.717, 1.165) is 16.6 Å². The summed E-state index contributed by atoms with van der Waals surface area (Å²) >= 11 is 0. The van der Waals surface area contributed by atoms with Gasteiger partial charge in [-0.2, -0.15) is 0 Å². The van der Waals surface area contributed by atoms with Crippen LogP contribution in [0.5, 0.6) is 17.2 Å². The number of hydrogen-bond acceptors (Lipinski definition) is 8. The van der Waals surface area contributed by atoms with E-state index in [0.29, 0.717) is 11.5 Å². The minimum atomic E-state index is -4.02. The molecule has 0 saturated carbocycles. The van der Waals surface area contributed by atoms with Crippen molar-refractivity contribution in [2.75, 3.05) is 30.8 Å². The quantitative estimate of drug-likeness (QED) is 0.426. The molecule has 0 fully saturated rings. The number of para-hydroxylation sites is 2. The summed E-state index contributed by atoms with van der Waals surface area (Å²) < 4.78 is 42.9. The molecule has 1 aliphatic heterocycles. The van der Waals surface area contributed by atoms with Crippen molar-refractivity contribution in [1.29, 1.82) is 0 Å². The molecule has 178 valence electrons. The Balaban J connectivity index is 1.83. The number of hydrogen-bond donors (Lipinski definition) is 1. The van der Waals surface area contributed by atoms with Crippen LogP contribution in [-0.4, -0.2) is 57.9 Å². The Kier molecular flexibility index (Phi) is 7.26. The monoisotopic (exact) mass is 479 g/mol. The molecule has 0 radical (unpaired) electrons. The Morgan fingerprint density at radius 1 is 1.30 bits per heavy atom. The van der Waals surface area contributed by atoms with Crippen molar-refractivity contribution in [3.05, 3.63) is 52.6 Å². The number of nitrogens with one attached hydrogen (secondary N) is 1. The number of fused-ring (bicyclic) bond motifs is 1. The zero-order valence-electron chi connectivity index (χ0n) is 18.4. The van der Waals surface area contributed by atoms with Crippen LogP contribution in [0.3, 0.4) is 0 Å². The lowest BCUT2D eigenvalue weighted by Crippen LogP contribution is -2.51. The van der Waals surface area contributed by atoms with Gasteiger partial charge in [-0.05, 0) is 24.6 Å². The number of rotatable bonds is 9. The summed E-state index contributed by atoms with van der Waals surface area (Å²) in [5.74, 6) is 0.651. The van der Waals surface area contributed by atoms with Crippen molar-refractivity contribution in [1.82, 2.24) is 5.32 Å². The highest BCUT2D eigenvalue weighted by molar-refractivity contribution is 7.92. The summed E-state index contributed by atoms with van der Waals surface area (Å²) in [7, 11) is -2.71. The molecule has 2 aromatic rings. The second kappa shape index (κ2) is 9.94. The molecular weight excluding hydrogens is 454 g/mol. The Morgan fingerprint density at radius 3 is 2.61 bits per heavy atom. The SMILES string of the molecule is CC[C@@H](C(=O)NC[C@H]1COc2ccccc2O1)N(c1cc([N+](=O)[O-])ccc1OC)S(C)(=O)=O. The summed E-state index contributed by atoms with van der Waals surface area (Å²) in [5, 5.41) is 14.0. The van der Waals surface area contributed by atoms with Gasteiger partial charge in [0, 0.05) is 12.1 Å². The van der Waals surface area contributed by atoms with Crippen LogP contribution in [0, 0.1) is 10.1 Å². The van der Waals surface area contributed by atoms with E-state index in [-0.39, 0.29) is 36.7 Å². The average molecular weight is 480 g/mol. The number of sulfonamides is 1. The van der Waals surface area contributed by atoms with Crippen LogP contribution in [0.15, 0.2) is 42.5 Å². The molecule has 1 heterocycles. The van der Waals surface area contributed by atoms with Crippen LogP contribution in [0.2, 0.25) is 0 Å². The summed E-state index contributed by atoms with van der Waals surface area (Å²) in [6, 6.07) is 9.53. The van der Waals surface area contributed by atoms with Crippen molar-refractivity contribution in [3.8, 4) is 17.2 Å². The van der Waals surface area contributed by atoms with Crippen molar-refractivity contribution in [2.24, 2.45) is 0 Å². The van der Waals surface area contributed by atoms with Gasteiger partial charge in [-0.1, -0.05) is 19.1 Å². The number of carbonyl (C=O) groups is 1. The van der Waals surface area contributed by atoms with Crippen LogP contribution >= 0.6 is 0 Å². The van der Waals surface area contributed by atoms with Crippen LogP contribution in [0.1, 0.15) is 13.3 Å². The number of nitrogens with zero attached hydrogens (tertiary/aromatic N) is 2. The van der Waals surface area contributed by atoms with Gasteiger partial charge < -0.3 is 19.5 Å². The van der Waals surface area contributed by atoms with Crippen molar-refractivity contribution < 1.29 is 32.3 Å². The Bertz CT molecular complexity index is 1140. The summed E-state index contributed by atoms with van der Waals surface area (Å²) in [5.41, 5.74) is -0.427. The number of anilines is 1. The smallest absolute Gasteiger partial charge is 0.271 e. The van der Waals surface area contributed by atoms with E-state index in [4.69, 9.17) is 14.2 Å². The third-order valence-corrected chi connectivity index (χ3v) is 6.18. The lowest BCUT2D eigenvalue weighted by atomic mass is 10.1. The molecule has 1 N–H and O–H groups in total. The normalized spacial score (nSPS) is 15.9. The minimum absolute atomic E-state index is 0.0767. The Morgan fingerprint density at radius 2 is 2.00 bits per heavy atom. The van der Waals surface area contributed by atoms with E-state index in [1.54, 1.807) is 25.1 Å². The van der Waals surface area contributed by atoms with Gasteiger partial charge in [0.15, 0.2) is 11.5 Å². The van der Waals surface area contributed by atoms with Gasteiger partial charge in [0.25, 0.3) is 5.69 Å². The van der Waals surface area contributed by atoms with E-state index < -0.39 is 33.0 Å². The molecule has 3 rings (SSSR count). The van der Waals surface area contributed by atoms with Crippen LogP contribution in [0.4, 0.5) is 11.4 Å². The molecule has 33 heavy (non-hydrogen) atoms. The zero-order chi connectivity index (χ0) is 24.2. The van der Waals surface area contributed by atoms with Crippen LogP contribution in [-0.2, 0) is 14.8 Å². The lowest BCUT2D eigenvalue weighted by molar-refractivity contribution is -0.384. The lowest BCUT2D eigenvalue weighted by Gasteiger charge is -2.32. The van der Waals surface area contributed by atoms with Gasteiger partial charge in [0.1, 0.15) is 30.2 Å². The van der Waals surface area contributed by atoms with E-state index >= 15 is 0 Å². The number of nitro benzene ring substituents is 1. The molecule has 2 aromatic carbocycles. The van der Waals surface area contributed by atoms with E-state index in [1.807, 2.05) is 6.07 Å². The van der Waals surface area contributed by atoms with Gasteiger partial charge in [0.2, 0.25) is 15.9 Å². The molecule has 11 nitrogen and oxygen atoms in total. The molecule has 0 saturated heterocycles. The predicted molar refractivity (Wildman–Crippen MR) is 120 cm³/mol. The summed E-state index contributed by atoms with van der Waals surface area (Å²) in [4.78, 5) is 23.7. The maximum atomic E-state index is 13.1. The topological polar surface area (TPSA) is 137 Å². The highest BCUT2D eigenvalue weighted by atomic mass is 32.2. The molecule has 2 atom stereocenters. The van der Waals surface area contributed by atoms with Gasteiger partial charge in [-0.3, -0.25) is 19.2 Å². The first-order valence-corrected chi connectivity index (χ1v) is 12.0. The largest absolute Gasteiger partial charge is 0.495 e. The molecule has 1 amide bonds. The highest BCUT2D eigenvalue weighted by Crippen LogP contribution is 2.36. The second-order valence-electron chi connectivity index (χ2n) is 7.34. The molecule has 0 aromatic heterocycles. The van der Waals surface area contributed by atoms with Crippen molar-refractivity contribution in [3.63, 3.8) is 0 Å². The number of methoxy groups -OCH3 is 1. The molecular formula is C21H25N3O8S. The molecule has 0 bridgehead atoms. The maximum Gasteiger partial charge on any atom is 0.271 e. The summed E-state index contributed by atoms with van der Waals surface area (Å²) in [6.07, 6.45) is 0.562. The van der Waals surface area contributed by atoms with E-state index in [1.165, 1.54) is 19.2 Å². The van der Waals surface area contributed by atoms with Gasteiger partial charge in [-0.15, -0.1) is 0 Å². The van der Waals surface area contributed by atoms with Gasteiger partial charge >= 0.3 is 0 Å². The standard InChI is InChI=1S/C21H25N3O8S/c1-4-16(21(25)22-12-15-13-31-19-7-5-6-8-20(19)32-15)23(33(3,28)29)17-11-14(24(26)27)9-10-18(17)30-2/h5-11,15-16H,4,12-13H2,1-3H3,(H,22,25)/t15-,16-/m0/s1. The first-order valence-electron chi connectivity index (χ1n) is 10.1. The average Bonchev–Trinajstić information content (AvgIpc) is 2.79. The van der Waals surface area contributed by atoms with Gasteiger partial charge in [0.05, 0.1) is 24.8 Å². The Labute approximate surface area is 191 Å². The molecule has 1 aliphatic rings. The minimum Gasteiger partial charge on any atom is -0.495 e. The number of ether oxygens (including phenoxy) is 3. The summed E-state index contributed by atoms with van der Waals surface area (Å²) in [6.45, 7) is 1.93. The maximum absolute atomic E-state index is 13.1. The number of benzene rings is 2. The van der Waals surface area contributed by atoms with Crippen LogP contribution < -0.4 is 23.8 Å². The number of amides is 1. The number of non-ortho nitro benzene ring substituents is 1. The fourth-order valence-electron chi connectivity index (χ4n) is 3.50. The molecule has 0 aliphatic carbocycles. The Hall–Kier alpha value is -3.54. The fraction of sp³-hybridized carbons (Fsp3) is 0.381.